The quantitative estimate of drug-likeness (QED) is 0.673. The number of hydrogen-bond donors (Lipinski definition) is 2. The van der Waals surface area contributed by atoms with Gasteiger partial charge in [0.25, 0.3) is 14.6 Å². The van der Waals surface area contributed by atoms with Crippen molar-refractivity contribution >= 4 is 25.6 Å². The van der Waals surface area contributed by atoms with E-state index in [1.54, 1.807) is 4.98 Å². The highest BCUT2D eigenvalue weighted by Crippen LogP contribution is 2.18. The smallest absolute Gasteiger partial charge is 0.328 e. The standard InChI is InChI=1S/C9H10ClN3O5S/c10-19(17,18)6-3-13(9(16)12-8(6)15)4-7(14)11-5-1-2-5/h3,5H,1-2,4H2,(H,11,14)(H,12,15,16). The Morgan fingerprint density at radius 3 is 2.63 bits per heavy atom. The minimum Gasteiger partial charge on any atom is -0.352 e. The zero-order valence-corrected chi connectivity index (χ0v) is 11.1. The lowest BCUT2D eigenvalue weighted by atomic mass is 10.5. The molecule has 1 heterocycles. The van der Waals surface area contributed by atoms with Gasteiger partial charge in [0, 0.05) is 22.9 Å². The van der Waals surface area contributed by atoms with Crippen LogP contribution >= 0.6 is 10.7 Å². The van der Waals surface area contributed by atoms with Crippen LogP contribution in [0.1, 0.15) is 12.8 Å². The van der Waals surface area contributed by atoms with Gasteiger partial charge >= 0.3 is 5.69 Å². The third kappa shape index (κ3) is 3.44. The van der Waals surface area contributed by atoms with Crippen LogP contribution in [0.4, 0.5) is 0 Å². The van der Waals surface area contributed by atoms with Gasteiger partial charge in [-0.1, -0.05) is 0 Å². The molecule has 1 aliphatic carbocycles. The molecule has 0 unspecified atom stereocenters. The zero-order valence-electron chi connectivity index (χ0n) is 9.55. The number of aromatic amines is 1. The van der Waals surface area contributed by atoms with Gasteiger partial charge in [-0.25, -0.2) is 13.2 Å². The van der Waals surface area contributed by atoms with Gasteiger partial charge in [0.05, 0.1) is 0 Å². The molecule has 1 aromatic heterocycles. The number of aromatic nitrogens is 2. The molecule has 8 nitrogen and oxygen atoms in total. The molecular formula is C9H10ClN3O5S. The molecule has 1 fully saturated rings. The van der Waals surface area contributed by atoms with Crippen LogP contribution in [0.15, 0.2) is 20.7 Å². The Balaban J connectivity index is 2.32. The summed E-state index contributed by atoms with van der Waals surface area (Å²) in [6.07, 6.45) is 2.52. The Morgan fingerprint density at radius 1 is 1.47 bits per heavy atom. The SMILES string of the molecule is O=C(Cn1cc(S(=O)(=O)Cl)c(=O)[nH]c1=O)NC1CC1. The summed E-state index contributed by atoms with van der Waals surface area (Å²) in [6.45, 7) is -0.383. The Bertz CT molecular complexity index is 731. The second-order valence-electron chi connectivity index (χ2n) is 4.16. The summed E-state index contributed by atoms with van der Waals surface area (Å²) in [4.78, 5) is 35.3. The number of nitrogens with zero attached hydrogens (tertiary/aromatic N) is 1. The van der Waals surface area contributed by atoms with Crippen LogP contribution < -0.4 is 16.6 Å². The average Bonchev–Trinajstić information content (AvgIpc) is 3.04. The van der Waals surface area contributed by atoms with Crippen molar-refractivity contribution in [2.75, 3.05) is 0 Å². The van der Waals surface area contributed by atoms with Crippen LogP contribution in [0, 0.1) is 0 Å². The first-order chi connectivity index (χ1) is 8.77. The Morgan fingerprint density at radius 2 is 2.11 bits per heavy atom. The largest absolute Gasteiger partial charge is 0.352 e. The van der Waals surface area contributed by atoms with Gasteiger partial charge in [0.1, 0.15) is 6.54 Å². The van der Waals surface area contributed by atoms with Gasteiger partial charge in [-0.3, -0.25) is 19.1 Å². The third-order valence-corrected chi connectivity index (χ3v) is 3.81. The maximum atomic E-state index is 11.5. The highest BCUT2D eigenvalue weighted by atomic mass is 35.7. The van der Waals surface area contributed by atoms with Crippen molar-refractivity contribution in [2.24, 2.45) is 0 Å². The first-order valence-electron chi connectivity index (χ1n) is 5.35. The second-order valence-corrected chi connectivity index (χ2v) is 6.69. The van der Waals surface area contributed by atoms with Crippen LogP contribution in [0.2, 0.25) is 0 Å². The van der Waals surface area contributed by atoms with E-state index in [1.807, 2.05) is 0 Å². The normalized spacial score (nSPS) is 15.2. The first-order valence-corrected chi connectivity index (χ1v) is 7.66. The Kier molecular flexibility index (Phi) is 3.50. The molecule has 2 N–H and O–H groups in total. The summed E-state index contributed by atoms with van der Waals surface area (Å²) in [7, 11) is 0.773. The molecule has 1 saturated carbocycles. The fraction of sp³-hybridized carbons (Fsp3) is 0.444. The average molecular weight is 308 g/mol. The highest BCUT2D eigenvalue weighted by molar-refractivity contribution is 8.13. The third-order valence-electron chi connectivity index (χ3n) is 2.50. The molecule has 0 spiro atoms. The summed E-state index contributed by atoms with van der Waals surface area (Å²) in [6, 6.07) is 0.113. The van der Waals surface area contributed by atoms with Crippen LogP contribution in [-0.4, -0.2) is 29.9 Å². The molecule has 0 bridgehead atoms. The van der Waals surface area contributed by atoms with E-state index in [1.165, 1.54) is 0 Å². The van der Waals surface area contributed by atoms with Crippen molar-refractivity contribution in [3.05, 3.63) is 27.0 Å². The Labute approximate surface area is 111 Å². The fourth-order valence-corrected chi connectivity index (χ4v) is 2.29. The second kappa shape index (κ2) is 4.82. The highest BCUT2D eigenvalue weighted by Gasteiger charge is 2.24. The molecule has 1 aromatic rings. The minimum absolute atomic E-state index is 0.113. The maximum Gasteiger partial charge on any atom is 0.328 e. The van der Waals surface area contributed by atoms with Crippen molar-refractivity contribution in [1.82, 2.24) is 14.9 Å². The number of H-pyrrole nitrogens is 1. The van der Waals surface area contributed by atoms with Gasteiger partial charge in [-0.15, -0.1) is 0 Å². The zero-order chi connectivity index (χ0) is 14.2. The van der Waals surface area contributed by atoms with E-state index in [0.29, 0.717) is 0 Å². The molecule has 0 aromatic carbocycles. The molecule has 10 heteroatoms. The van der Waals surface area contributed by atoms with E-state index in [9.17, 15) is 22.8 Å². The van der Waals surface area contributed by atoms with Crippen molar-refractivity contribution in [1.29, 1.82) is 0 Å². The van der Waals surface area contributed by atoms with Crippen molar-refractivity contribution in [3.63, 3.8) is 0 Å². The van der Waals surface area contributed by atoms with Gasteiger partial charge in [0.15, 0.2) is 4.90 Å². The lowest BCUT2D eigenvalue weighted by Gasteiger charge is -2.06. The number of amides is 1. The topological polar surface area (TPSA) is 118 Å². The van der Waals surface area contributed by atoms with E-state index >= 15 is 0 Å². The van der Waals surface area contributed by atoms with Crippen molar-refractivity contribution in [3.8, 4) is 0 Å². The molecular weight excluding hydrogens is 298 g/mol. The summed E-state index contributed by atoms with van der Waals surface area (Å²) in [5.41, 5.74) is -1.99. The predicted molar refractivity (Wildman–Crippen MR) is 65.5 cm³/mol. The first kappa shape index (κ1) is 13.8. The molecule has 19 heavy (non-hydrogen) atoms. The van der Waals surface area contributed by atoms with Gasteiger partial charge in [-0.05, 0) is 12.8 Å². The molecule has 2 rings (SSSR count). The molecule has 0 saturated heterocycles. The number of hydrogen-bond acceptors (Lipinski definition) is 5. The molecule has 1 amide bonds. The monoisotopic (exact) mass is 307 g/mol. The molecule has 0 radical (unpaired) electrons. The summed E-state index contributed by atoms with van der Waals surface area (Å²) < 4.78 is 23.0. The van der Waals surface area contributed by atoms with Crippen LogP contribution in [0.3, 0.4) is 0 Å². The van der Waals surface area contributed by atoms with Gasteiger partial charge < -0.3 is 5.32 Å². The number of halogens is 1. The molecule has 0 aliphatic heterocycles. The number of rotatable bonds is 4. The summed E-state index contributed by atoms with van der Waals surface area (Å²) in [5.74, 6) is -0.436. The molecule has 1 aliphatic rings. The molecule has 104 valence electrons. The number of carbonyl (C=O) groups is 1. The number of carbonyl (C=O) groups excluding carboxylic acids is 1. The molecule has 0 atom stereocenters. The van der Waals surface area contributed by atoms with Gasteiger partial charge in [-0.2, -0.15) is 0 Å². The summed E-state index contributed by atoms with van der Waals surface area (Å²) in [5, 5.41) is 2.63. The Hall–Kier alpha value is -1.61. The van der Waals surface area contributed by atoms with E-state index in [2.05, 4.69) is 5.32 Å². The summed E-state index contributed by atoms with van der Waals surface area (Å²) >= 11 is 0. The predicted octanol–water partition coefficient (Wildman–Crippen LogP) is -1.26. The van der Waals surface area contributed by atoms with Crippen LogP contribution in [-0.2, 0) is 20.4 Å². The van der Waals surface area contributed by atoms with E-state index < -0.39 is 31.1 Å². The lowest BCUT2D eigenvalue weighted by Crippen LogP contribution is -2.37. The van der Waals surface area contributed by atoms with Gasteiger partial charge in [0.2, 0.25) is 5.91 Å². The van der Waals surface area contributed by atoms with E-state index in [-0.39, 0.29) is 12.6 Å². The van der Waals surface area contributed by atoms with E-state index in [4.69, 9.17) is 10.7 Å². The minimum atomic E-state index is -4.28. The fourth-order valence-electron chi connectivity index (χ4n) is 1.44. The van der Waals surface area contributed by atoms with E-state index in [0.717, 1.165) is 23.6 Å². The van der Waals surface area contributed by atoms with Crippen molar-refractivity contribution in [2.45, 2.75) is 30.3 Å². The van der Waals surface area contributed by atoms with Crippen molar-refractivity contribution < 1.29 is 13.2 Å². The van der Waals surface area contributed by atoms with Crippen LogP contribution in [0.5, 0.6) is 0 Å². The maximum absolute atomic E-state index is 11.5. The van der Waals surface area contributed by atoms with Crippen LogP contribution in [0.25, 0.3) is 0 Å². The lowest BCUT2D eigenvalue weighted by molar-refractivity contribution is -0.121. The number of nitrogens with one attached hydrogen (secondary N) is 2.